The van der Waals surface area contributed by atoms with Crippen LogP contribution in [-0.4, -0.2) is 27.7 Å². The molecule has 126 valence electrons. The molecule has 1 aliphatic rings. The number of benzene rings is 1. The van der Waals surface area contributed by atoms with Crippen LogP contribution in [0.5, 0.6) is 0 Å². The van der Waals surface area contributed by atoms with Gasteiger partial charge in [-0.2, -0.15) is 0 Å². The molecule has 2 atom stereocenters. The van der Waals surface area contributed by atoms with Crippen LogP contribution < -0.4 is 16.2 Å². The highest BCUT2D eigenvalue weighted by Gasteiger charge is 2.46. The van der Waals surface area contributed by atoms with Gasteiger partial charge in [-0.15, -0.1) is 0 Å². The third kappa shape index (κ3) is 3.62. The van der Waals surface area contributed by atoms with E-state index in [1.165, 1.54) is 7.11 Å². The monoisotopic (exact) mass is 339 g/mol. The van der Waals surface area contributed by atoms with E-state index < -0.39 is 22.2 Å². The minimum Gasteiger partial charge on any atom is -0.336 e. The Bertz CT molecular complexity index is 715. The van der Waals surface area contributed by atoms with Gasteiger partial charge in [0, 0.05) is 18.9 Å². The SMILES string of the molecule is CCC(N)OC1(OC)NC=CC(c2ccccc2)=C1S(N)(=O)=O. The van der Waals surface area contributed by atoms with E-state index in [0.29, 0.717) is 17.6 Å². The molecule has 1 heterocycles. The van der Waals surface area contributed by atoms with Crippen LogP contribution in [0.3, 0.4) is 0 Å². The van der Waals surface area contributed by atoms with Gasteiger partial charge in [-0.25, -0.2) is 13.6 Å². The largest absolute Gasteiger partial charge is 0.336 e. The first-order valence-corrected chi connectivity index (χ1v) is 8.64. The second-order valence-electron chi connectivity index (χ2n) is 5.02. The van der Waals surface area contributed by atoms with Crippen molar-refractivity contribution in [2.75, 3.05) is 7.11 Å². The van der Waals surface area contributed by atoms with Gasteiger partial charge in [-0.1, -0.05) is 37.3 Å². The molecular weight excluding hydrogens is 318 g/mol. The standard InChI is InChI=1S/C15H21N3O4S/c1-3-13(16)22-15(21-2)14(23(17,19)20)12(9-10-18-15)11-7-5-4-6-8-11/h4-10,13,18H,3,16H2,1-2H3,(H2,17,19,20). The number of rotatable bonds is 6. The van der Waals surface area contributed by atoms with Crippen LogP contribution in [0.2, 0.25) is 0 Å². The van der Waals surface area contributed by atoms with Crippen LogP contribution in [0.15, 0.2) is 47.5 Å². The number of sulfonamides is 1. The lowest BCUT2D eigenvalue weighted by Crippen LogP contribution is -2.56. The highest BCUT2D eigenvalue weighted by Crippen LogP contribution is 2.35. The van der Waals surface area contributed by atoms with E-state index in [9.17, 15) is 8.42 Å². The molecule has 1 aromatic rings. The third-order valence-corrected chi connectivity index (χ3v) is 4.50. The number of nitrogens with one attached hydrogen (secondary N) is 1. The Balaban J connectivity index is 2.69. The number of dihydropyridines is 1. The fourth-order valence-electron chi connectivity index (χ4n) is 2.32. The van der Waals surface area contributed by atoms with Crippen molar-refractivity contribution in [3.8, 4) is 0 Å². The molecule has 0 aliphatic carbocycles. The normalized spacial score (nSPS) is 22.8. The smallest absolute Gasteiger partial charge is 0.291 e. The number of allylic oxidation sites excluding steroid dienone is 2. The summed E-state index contributed by atoms with van der Waals surface area (Å²) in [6, 6.07) is 8.98. The highest BCUT2D eigenvalue weighted by molar-refractivity contribution is 7.93. The Morgan fingerprint density at radius 1 is 1.30 bits per heavy atom. The molecule has 5 N–H and O–H groups in total. The molecule has 7 nitrogen and oxygen atoms in total. The third-order valence-electron chi connectivity index (χ3n) is 3.44. The van der Waals surface area contributed by atoms with Crippen LogP contribution >= 0.6 is 0 Å². The van der Waals surface area contributed by atoms with Gasteiger partial charge in [0.1, 0.15) is 11.1 Å². The summed E-state index contributed by atoms with van der Waals surface area (Å²) in [5, 5.41) is 8.23. The minimum atomic E-state index is -4.14. The summed E-state index contributed by atoms with van der Waals surface area (Å²) in [6.07, 6.45) is 2.88. The highest BCUT2D eigenvalue weighted by atomic mass is 32.2. The molecule has 0 amide bonds. The van der Waals surface area contributed by atoms with Crippen molar-refractivity contribution < 1.29 is 17.9 Å². The van der Waals surface area contributed by atoms with Crippen molar-refractivity contribution in [2.45, 2.75) is 25.5 Å². The maximum absolute atomic E-state index is 12.3. The van der Waals surface area contributed by atoms with Crippen LogP contribution in [0.25, 0.3) is 5.57 Å². The zero-order valence-corrected chi connectivity index (χ0v) is 13.8. The Kier molecular flexibility index (Phi) is 5.23. The van der Waals surface area contributed by atoms with Crippen LogP contribution in [0.4, 0.5) is 0 Å². The zero-order valence-electron chi connectivity index (χ0n) is 13.0. The van der Waals surface area contributed by atoms with Gasteiger partial charge in [-0.3, -0.25) is 0 Å². The van der Waals surface area contributed by atoms with Gasteiger partial charge in [0.25, 0.3) is 5.91 Å². The summed E-state index contributed by atoms with van der Waals surface area (Å²) in [7, 11) is -2.81. The first kappa shape index (κ1) is 17.6. The molecule has 0 saturated heterocycles. The molecule has 0 saturated carbocycles. The van der Waals surface area contributed by atoms with Crippen molar-refractivity contribution in [2.24, 2.45) is 10.9 Å². The number of ether oxygens (including phenoxy) is 2. The molecule has 1 aromatic carbocycles. The van der Waals surface area contributed by atoms with Gasteiger partial charge < -0.3 is 20.5 Å². The van der Waals surface area contributed by atoms with E-state index in [0.717, 1.165) is 0 Å². The molecule has 23 heavy (non-hydrogen) atoms. The van der Waals surface area contributed by atoms with Gasteiger partial charge in [0.2, 0.25) is 10.0 Å². The zero-order chi connectivity index (χ0) is 17.1. The molecule has 2 unspecified atom stereocenters. The molecule has 0 radical (unpaired) electrons. The van der Waals surface area contributed by atoms with E-state index in [1.807, 2.05) is 13.0 Å². The average Bonchev–Trinajstić information content (AvgIpc) is 2.54. The molecule has 0 aromatic heterocycles. The Hall–Kier alpha value is -1.71. The number of hydrogen-bond donors (Lipinski definition) is 3. The lowest BCUT2D eigenvalue weighted by molar-refractivity contribution is -0.229. The van der Waals surface area contributed by atoms with Gasteiger partial charge in [0.15, 0.2) is 0 Å². The Morgan fingerprint density at radius 3 is 2.48 bits per heavy atom. The van der Waals surface area contributed by atoms with E-state index >= 15 is 0 Å². The second kappa shape index (κ2) is 6.81. The molecule has 0 fully saturated rings. The maximum atomic E-state index is 12.3. The Morgan fingerprint density at radius 2 is 1.96 bits per heavy atom. The van der Waals surface area contributed by atoms with Crippen molar-refractivity contribution in [1.82, 2.24) is 5.32 Å². The summed E-state index contributed by atoms with van der Waals surface area (Å²) in [5.41, 5.74) is 6.89. The van der Waals surface area contributed by atoms with Crippen molar-refractivity contribution >= 4 is 15.6 Å². The fraction of sp³-hybridized carbons (Fsp3) is 0.333. The summed E-state index contributed by atoms with van der Waals surface area (Å²) in [4.78, 5) is -0.217. The topological polar surface area (TPSA) is 117 Å². The molecule has 0 spiro atoms. The fourth-order valence-corrected chi connectivity index (χ4v) is 3.38. The Labute approximate surface area is 136 Å². The first-order valence-electron chi connectivity index (χ1n) is 7.10. The van der Waals surface area contributed by atoms with Gasteiger partial charge in [-0.05, 0) is 18.1 Å². The van der Waals surface area contributed by atoms with Gasteiger partial charge in [0.05, 0.1) is 0 Å². The van der Waals surface area contributed by atoms with Crippen LogP contribution in [-0.2, 0) is 19.5 Å². The average molecular weight is 339 g/mol. The minimum absolute atomic E-state index is 0.217. The lowest BCUT2D eigenvalue weighted by atomic mass is 10.0. The quantitative estimate of drug-likeness (QED) is 0.661. The van der Waals surface area contributed by atoms with Crippen LogP contribution in [0, 0.1) is 0 Å². The summed E-state index contributed by atoms with van der Waals surface area (Å²) in [5.74, 6) is -1.77. The van der Waals surface area contributed by atoms with Crippen molar-refractivity contribution in [3.63, 3.8) is 0 Å². The number of primary sulfonamides is 1. The predicted molar refractivity (Wildman–Crippen MR) is 87.8 cm³/mol. The molecule has 8 heteroatoms. The summed E-state index contributed by atoms with van der Waals surface area (Å²) >= 11 is 0. The van der Waals surface area contributed by atoms with Crippen LogP contribution in [0.1, 0.15) is 18.9 Å². The van der Waals surface area contributed by atoms with Crippen molar-refractivity contribution in [3.05, 3.63) is 53.1 Å². The lowest BCUT2D eigenvalue weighted by Gasteiger charge is -2.38. The molecule has 1 aliphatic heterocycles. The molecule has 0 bridgehead atoms. The summed E-state index contributed by atoms with van der Waals surface area (Å²) in [6.45, 7) is 1.81. The maximum Gasteiger partial charge on any atom is 0.291 e. The number of hydrogen-bond acceptors (Lipinski definition) is 6. The van der Waals surface area contributed by atoms with E-state index in [2.05, 4.69) is 5.32 Å². The van der Waals surface area contributed by atoms with Crippen molar-refractivity contribution in [1.29, 1.82) is 0 Å². The van der Waals surface area contributed by atoms with Gasteiger partial charge >= 0.3 is 0 Å². The first-order chi connectivity index (χ1) is 10.8. The molecule has 2 rings (SSSR count). The second-order valence-corrected chi connectivity index (χ2v) is 6.52. The van der Waals surface area contributed by atoms with E-state index in [-0.39, 0.29) is 4.91 Å². The van der Waals surface area contributed by atoms with E-state index in [1.54, 1.807) is 36.5 Å². The predicted octanol–water partition coefficient (Wildman–Crippen LogP) is 0.815. The number of nitrogens with two attached hydrogens (primary N) is 2. The number of methoxy groups -OCH3 is 1. The van der Waals surface area contributed by atoms with E-state index in [4.69, 9.17) is 20.3 Å². The molecular formula is C15H21N3O4S. The summed E-state index contributed by atoms with van der Waals surface area (Å²) < 4.78 is 35.5.